The summed E-state index contributed by atoms with van der Waals surface area (Å²) in [5, 5.41) is 9.16. The number of allylic oxidation sites excluding steroid dienone is 1. The van der Waals surface area contributed by atoms with Gasteiger partial charge in [0.05, 0.1) is 6.61 Å². The number of nitrogens with zero attached hydrogens (tertiary/aromatic N) is 3. The van der Waals surface area contributed by atoms with Gasteiger partial charge in [-0.15, -0.1) is 16.8 Å². The van der Waals surface area contributed by atoms with Gasteiger partial charge in [0.2, 0.25) is 0 Å². The van der Waals surface area contributed by atoms with Crippen LogP contribution in [-0.2, 0) is 16.0 Å². The molecule has 5 nitrogen and oxygen atoms in total. The molecule has 0 radical (unpaired) electrons. The number of hydrogen-bond acceptors (Lipinski definition) is 5. The molecule has 6 heteroatoms. The second-order valence-electron chi connectivity index (χ2n) is 4.44. The summed E-state index contributed by atoms with van der Waals surface area (Å²) in [6.45, 7) is 7.94. The van der Waals surface area contributed by atoms with Crippen LogP contribution in [0.5, 0.6) is 0 Å². The van der Waals surface area contributed by atoms with Crippen LogP contribution in [0, 0.1) is 6.92 Å². The lowest BCUT2D eigenvalue weighted by Crippen LogP contribution is -2.23. The van der Waals surface area contributed by atoms with E-state index in [0.717, 1.165) is 42.7 Å². The number of thioether (sulfide) groups is 1. The summed E-state index contributed by atoms with van der Waals surface area (Å²) in [5.74, 6) is 1.77. The monoisotopic (exact) mass is 283 g/mol. The highest BCUT2D eigenvalue weighted by Crippen LogP contribution is 2.18. The second kappa shape index (κ2) is 7.67. The Balaban J connectivity index is 1.71. The van der Waals surface area contributed by atoms with Crippen molar-refractivity contribution >= 4 is 11.8 Å². The first-order valence-corrected chi connectivity index (χ1v) is 7.66. The van der Waals surface area contributed by atoms with Crippen LogP contribution in [0.2, 0.25) is 0 Å². The van der Waals surface area contributed by atoms with Crippen LogP contribution < -0.4 is 0 Å². The molecule has 1 fully saturated rings. The summed E-state index contributed by atoms with van der Waals surface area (Å²) in [6.07, 6.45) is 5.20. The van der Waals surface area contributed by atoms with Crippen LogP contribution in [0.1, 0.15) is 25.1 Å². The molecule has 2 rings (SSSR count). The van der Waals surface area contributed by atoms with E-state index in [0.29, 0.717) is 6.61 Å². The summed E-state index contributed by atoms with van der Waals surface area (Å²) in [7, 11) is 0. The van der Waals surface area contributed by atoms with E-state index < -0.39 is 0 Å². The molecule has 19 heavy (non-hydrogen) atoms. The number of aromatic nitrogens is 3. The van der Waals surface area contributed by atoms with E-state index in [9.17, 15) is 0 Å². The molecule has 0 saturated carbocycles. The van der Waals surface area contributed by atoms with Gasteiger partial charge in [-0.3, -0.25) is 0 Å². The third-order valence-electron chi connectivity index (χ3n) is 2.97. The molecule has 1 saturated heterocycles. The molecule has 1 atom stereocenters. The van der Waals surface area contributed by atoms with Crippen molar-refractivity contribution in [3.63, 3.8) is 0 Å². The Hall–Kier alpha value is -0.850. The highest BCUT2D eigenvalue weighted by atomic mass is 32.2. The molecule has 0 amide bonds. The van der Waals surface area contributed by atoms with Crippen LogP contribution in [0.15, 0.2) is 17.8 Å². The van der Waals surface area contributed by atoms with E-state index in [1.165, 1.54) is 6.42 Å². The number of aryl methyl sites for hydroxylation is 1. The fourth-order valence-electron chi connectivity index (χ4n) is 1.96. The average Bonchev–Trinajstić information content (AvgIpc) is 2.78. The molecule has 1 aliphatic heterocycles. The van der Waals surface area contributed by atoms with E-state index in [-0.39, 0.29) is 6.29 Å². The van der Waals surface area contributed by atoms with Crippen LogP contribution in [0.4, 0.5) is 0 Å². The van der Waals surface area contributed by atoms with E-state index in [1.54, 1.807) is 11.8 Å². The number of rotatable bonds is 7. The maximum atomic E-state index is 5.69. The zero-order valence-electron chi connectivity index (χ0n) is 11.4. The minimum absolute atomic E-state index is 0.0119. The topological polar surface area (TPSA) is 49.2 Å². The fourth-order valence-corrected chi connectivity index (χ4v) is 2.79. The third-order valence-corrected chi connectivity index (χ3v) is 3.90. The third kappa shape index (κ3) is 4.33. The van der Waals surface area contributed by atoms with Crippen LogP contribution in [0.25, 0.3) is 0 Å². The molecule has 0 spiro atoms. The first kappa shape index (κ1) is 14.6. The van der Waals surface area contributed by atoms with E-state index in [1.807, 2.05) is 13.0 Å². The van der Waals surface area contributed by atoms with Crippen molar-refractivity contribution in [3.05, 3.63) is 18.5 Å². The van der Waals surface area contributed by atoms with Gasteiger partial charge >= 0.3 is 0 Å². The van der Waals surface area contributed by atoms with Crippen molar-refractivity contribution in [3.8, 4) is 0 Å². The molecule has 0 N–H and O–H groups in total. The van der Waals surface area contributed by atoms with Crippen molar-refractivity contribution in [2.75, 3.05) is 19.0 Å². The summed E-state index contributed by atoms with van der Waals surface area (Å²) in [4.78, 5) is 0. The Morgan fingerprint density at radius 1 is 1.53 bits per heavy atom. The van der Waals surface area contributed by atoms with Crippen LogP contribution >= 0.6 is 11.8 Å². The van der Waals surface area contributed by atoms with E-state index in [4.69, 9.17) is 9.47 Å². The van der Waals surface area contributed by atoms with E-state index >= 15 is 0 Å². The fraction of sp³-hybridized carbons (Fsp3) is 0.692. The quantitative estimate of drug-likeness (QED) is 0.437. The molecular formula is C13H21N3O2S. The Labute approximate surface area is 118 Å². The lowest BCUT2D eigenvalue weighted by Gasteiger charge is -2.22. The Morgan fingerprint density at radius 2 is 2.42 bits per heavy atom. The SMILES string of the molecule is C=CCn1c(C)nnc1SCCO[C@H]1CCCCO1. The highest BCUT2D eigenvalue weighted by molar-refractivity contribution is 7.99. The Bertz CT molecular complexity index is 403. The van der Waals surface area contributed by atoms with Gasteiger partial charge < -0.3 is 14.0 Å². The summed E-state index contributed by atoms with van der Waals surface area (Å²) < 4.78 is 13.3. The van der Waals surface area contributed by atoms with Crippen LogP contribution in [-0.4, -0.2) is 40.0 Å². The molecule has 106 valence electrons. The normalized spacial score (nSPS) is 19.5. The first-order chi connectivity index (χ1) is 9.31. The average molecular weight is 283 g/mol. The van der Waals surface area contributed by atoms with Gasteiger partial charge in [-0.05, 0) is 26.2 Å². The van der Waals surface area contributed by atoms with Gasteiger partial charge in [-0.2, -0.15) is 0 Å². The van der Waals surface area contributed by atoms with Crippen molar-refractivity contribution in [1.29, 1.82) is 0 Å². The van der Waals surface area contributed by atoms with Crippen molar-refractivity contribution in [2.45, 2.75) is 44.2 Å². The van der Waals surface area contributed by atoms with E-state index in [2.05, 4.69) is 21.3 Å². The molecule has 1 aliphatic rings. The lowest BCUT2D eigenvalue weighted by atomic mass is 10.2. The maximum absolute atomic E-state index is 5.69. The molecule has 0 aliphatic carbocycles. The second-order valence-corrected chi connectivity index (χ2v) is 5.51. The predicted molar refractivity (Wildman–Crippen MR) is 75.2 cm³/mol. The minimum atomic E-state index is -0.0119. The zero-order valence-corrected chi connectivity index (χ0v) is 12.2. The molecule has 0 aromatic carbocycles. The molecule has 2 heterocycles. The van der Waals surface area contributed by atoms with Gasteiger partial charge in [-0.25, -0.2) is 0 Å². The Morgan fingerprint density at radius 3 is 3.16 bits per heavy atom. The maximum Gasteiger partial charge on any atom is 0.191 e. The molecule has 0 unspecified atom stereocenters. The lowest BCUT2D eigenvalue weighted by molar-refractivity contribution is -0.158. The smallest absolute Gasteiger partial charge is 0.191 e. The van der Waals surface area contributed by atoms with Crippen LogP contribution in [0.3, 0.4) is 0 Å². The molecule has 1 aromatic rings. The first-order valence-electron chi connectivity index (χ1n) is 6.68. The molecular weight excluding hydrogens is 262 g/mol. The standard InChI is InChI=1S/C13H21N3O2S/c1-3-7-16-11(2)14-15-13(16)19-10-9-18-12-6-4-5-8-17-12/h3,12H,1,4-10H2,2H3/t12-/m0/s1. The summed E-state index contributed by atoms with van der Waals surface area (Å²) in [5.41, 5.74) is 0. The van der Waals surface area contributed by atoms with Gasteiger partial charge in [0.15, 0.2) is 11.4 Å². The number of hydrogen-bond donors (Lipinski definition) is 0. The van der Waals surface area contributed by atoms with Gasteiger partial charge in [0.25, 0.3) is 0 Å². The van der Waals surface area contributed by atoms with Crippen molar-refractivity contribution < 1.29 is 9.47 Å². The minimum Gasteiger partial charge on any atom is -0.353 e. The Kier molecular flexibility index (Phi) is 5.88. The number of ether oxygens (including phenoxy) is 2. The van der Waals surface area contributed by atoms with Crippen molar-refractivity contribution in [2.24, 2.45) is 0 Å². The van der Waals surface area contributed by atoms with Crippen molar-refractivity contribution in [1.82, 2.24) is 14.8 Å². The van der Waals surface area contributed by atoms with Gasteiger partial charge in [0, 0.05) is 18.9 Å². The predicted octanol–water partition coefficient (Wildman–Crippen LogP) is 2.41. The zero-order chi connectivity index (χ0) is 13.5. The largest absolute Gasteiger partial charge is 0.353 e. The highest BCUT2D eigenvalue weighted by Gasteiger charge is 2.14. The summed E-state index contributed by atoms with van der Waals surface area (Å²) in [6, 6.07) is 0. The van der Waals surface area contributed by atoms with Gasteiger partial charge in [-0.1, -0.05) is 17.8 Å². The molecule has 0 bridgehead atoms. The summed E-state index contributed by atoms with van der Waals surface area (Å²) >= 11 is 1.66. The molecule has 1 aromatic heterocycles. The van der Waals surface area contributed by atoms with Gasteiger partial charge in [0.1, 0.15) is 5.82 Å².